The van der Waals surface area contributed by atoms with Crippen LogP contribution in [0.4, 0.5) is 0 Å². The van der Waals surface area contributed by atoms with Crippen LogP contribution in [-0.4, -0.2) is 12.1 Å². The number of rotatable bonds is 3. The van der Waals surface area contributed by atoms with Crippen LogP contribution in [0, 0.1) is 6.92 Å². The Morgan fingerprint density at radius 2 is 2.18 bits per heavy atom. The molecule has 1 aromatic heterocycles. The Morgan fingerprint density at radius 3 is 2.88 bits per heavy atom. The van der Waals surface area contributed by atoms with E-state index in [4.69, 9.17) is 0 Å². The standard InChI is InChI=1S/C13H12N2OS/c1-10-4-2-3-5-12(10)13(16)15-14-8-11-6-7-17-9-11/h2-9H,1H3,(H,15,16). The largest absolute Gasteiger partial charge is 0.271 e. The van der Waals surface area contributed by atoms with Crippen LogP contribution in [0.3, 0.4) is 0 Å². The molecular formula is C13H12N2OS. The molecule has 4 heteroatoms. The minimum absolute atomic E-state index is 0.186. The molecule has 0 aliphatic heterocycles. The van der Waals surface area contributed by atoms with E-state index in [1.165, 1.54) is 0 Å². The summed E-state index contributed by atoms with van der Waals surface area (Å²) in [6, 6.07) is 9.36. The van der Waals surface area contributed by atoms with Crippen molar-refractivity contribution in [2.45, 2.75) is 6.92 Å². The zero-order chi connectivity index (χ0) is 12.1. The summed E-state index contributed by atoms with van der Waals surface area (Å²) in [5.41, 5.74) is 5.09. The lowest BCUT2D eigenvalue weighted by molar-refractivity contribution is 0.0954. The summed E-state index contributed by atoms with van der Waals surface area (Å²) in [5.74, 6) is -0.186. The summed E-state index contributed by atoms with van der Waals surface area (Å²) in [4.78, 5) is 11.8. The minimum atomic E-state index is -0.186. The van der Waals surface area contributed by atoms with E-state index >= 15 is 0 Å². The Morgan fingerprint density at radius 1 is 1.35 bits per heavy atom. The van der Waals surface area contributed by atoms with Gasteiger partial charge in [-0.2, -0.15) is 16.4 Å². The SMILES string of the molecule is Cc1ccccc1C(=O)NN=Cc1ccsc1. The Hall–Kier alpha value is -1.94. The van der Waals surface area contributed by atoms with Gasteiger partial charge in [-0.1, -0.05) is 18.2 Å². The molecule has 2 rings (SSSR count). The van der Waals surface area contributed by atoms with Gasteiger partial charge in [-0.3, -0.25) is 4.79 Å². The zero-order valence-corrected chi connectivity index (χ0v) is 10.2. The number of carbonyl (C=O) groups is 1. The molecule has 17 heavy (non-hydrogen) atoms. The third-order valence-electron chi connectivity index (χ3n) is 2.31. The number of amides is 1. The molecule has 1 heterocycles. The molecule has 0 saturated heterocycles. The number of thiophene rings is 1. The molecule has 0 fully saturated rings. The first kappa shape index (κ1) is 11.5. The molecule has 1 aromatic carbocycles. The summed E-state index contributed by atoms with van der Waals surface area (Å²) in [7, 11) is 0. The average Bonchev–Trinajstić information content (AvgIpc) is 2.82. The summed E-state index contributed by atoms with van der Waals surface area (Å²) < 4.78 is 0. The van der Waals surface area contributed by atoms with Crippen LogP contribution in [0.25, 0.3) is 0 Å². The lowest BCUT2D eigenvalue weighted by Crippen LogP contribution is -2.18. The Kier molecular flexibility index (Phi) is 3.67. The number of hydrazone groups is 1. The maximum Gasteiger partial charge on any atom is 0.271 e. The summed E-state index contributed by atoms with van der Waals surface area (Å²) in [6.45, 7) is 1.90. The summed E-state index contributed by atoms with van der Waals surface area (Å²) >= 11 is 1.59. The van der Waals surface area contributed by atoms with Crippen LogP contribution < -0.4 is 5.43 Å². The van der Waals surface area contributed by atoms with Gasteiger partial charge in [0, 0.05) is 11.1 Å². The second-order valence-corrected chi connectivity index (χ2v) is 4.35. The van der Waals surface area contributed by atoms with Crippen LogP contribution >= 0.6 is 11.3 Å². The highest BCUT2D eigenvalue weighted by Gasteiger charge is 2.05. The van der Waals surface area contributed by atoms with Crippen LogP contribution in [0.15, 0.2) is 46.2 Å². The molecule has 86 valence electrons. The van der Waals surface area contributed by atoms with Gasteiger partial charge in [-0.15, -0.1) is 0 Å². The Bertz CT molecular complexity index is 532. The highest BCUT2D eigenvalue weighted by molar-refractivity contribution is 7.08. The topological polar surface area (TPSA) is 41.5 Å². The molecule has 3 nitrogen and oxygen atoms in total. The summed E-state index contributed by atoms with van der Waals surface area (Å²) in [5, 5.41) is 7.84. The Labute approximate surface area is 104 Å². The molecular weight excluding hydrogens is 232 g/mol. The highest BCUT2D eigenvalue weighted by atomic mass is 32.1. The van der Waals surface area contributed by atoms with Crippen molar-refractivity contribution in [3.63, 3.8) is 0 Å². The number of benzene rings is 1. The molecule has 0 bridgehead atoms. The first-order valence-corrected chi connectivity index (χ1v) is 6.13. The van der Waals surface area contributed by atoms with E-state index < -0.39 is 0 Å². The van der Waals surface area contributed by atoms with Crippen molar-refractivity contribution in [1.82, 2.24) is 5.43 Å². The zero-order valence-electron chi connectivity index (χ0n) is 9.38. The minimum Gasteiger partial charge on any atom is -0.267 e. The van der Waals surface area contributed by atoms with Crippen molar-refractivity contribution in [2.24, 2.45) is 5.10 Å². The first-order valence-electron chi connectivity index (χ1n) is 5.18. The molecule has 0 aliphatic carbocycles. The van der Waals surface area contributed by atoms with Crippen LogP contribution in [-0.2, 0) is 0 Å². The van der Waals surface area contributed by atoms with Crippen LogP contribution in [0.2, 0.25) is 0 Å². The lowest BCUT2D eigenvalue weighted by Gasteiger charge is -2.02. The molecule has 0 saturated carbocycles. The smallest absolute Gasteiger partial charge is 0.267 e. The van der Waals surface area contributed by atoms with Crippen molar-refractivity contribution in [3.05, 3.63) is 57.8 Å². The first-order chi connectivity index (χ1) is 8.27. The van der Waals surface area contributed by atoms with E-state index in [-0.39, 0.29) is 5.91 Å². The fourth-order valence-corrected chi connectivity index (χ4v) is 2.01. The quantitative estimate of drug-likeness (QED) is 0.654. The number of carbonyl (C=O) groups excluding carboxylic acids is 1. The highest BCUT2D eigenvalue weighted by Crippen LogP contribution is 2.06. The molecule has 0 atom stereocenters. The number of nitrogens with zero attached hydrogens (tertiary/aromatic N) is 1. The monoisotopic (exact) mass is 244 g/mol. The third kappa shape index (κ3) is 3.01. The van der Waals surface area contributed by atoms with Gasteiger partial charge in [0.05, 0.1) is 6.21 Å². The number of aryl methyl sites for hydroxylation is 1. The van der Waals surface area contributed by atoms with Crippen molar-refractivity contribution < 1.29 is 4.79 Å². The van der Waals surface area contributed by atoms with Gasteiger partial charge >= 0.3 is 0 Å². The molecule has 0 radical (unpaired) electrons. The Balaban J connectivity index is 2.01. The number of hydrogen-bond donors (Lipinski definition) is 1. The van der Waals surface area contributed by atoms with Gasteiger partial charge in [-0.05, 0) is 35.4 Å². The van der Waals surface area contributed by atoms with E-state index in [9.17, 15) is 4.79 Å². The van der Waals surface area contributed by atoms with E-state index in [0.717, 1.165) is 11.1 Å². The maximum absolute atomic E-state index is 11.8. The number of hydrogen-bond acceptors (Lipinski definition) is 3. The van der Waals surface area contributed by atoms with E-state index in [1.54, 1.807) is 23.6 Å². The van der Waals surface area contributed by atoms with Gasteiger partial charge in [0.25, 0.3) is 5.91 Å². The summed E-state index contributed by atoms with van der Waals surface area (Å²) in [6.07, 6.45) is 1.63. The van der Waals surface area contributed by atoms with E-state index in [1.807, 2.05) is 41.9 Å². The van der Waals surface area contributed by atoms with Gasteiger partial charge in [0.15, 0.2) is 0 Å². The van der Waals surface area contributed by atoms with Crippen LogP contribution in [0.5, 0.6) is 0 Å². The molecule has 1 N–H and O–H groups in total. The fourth-order valence-electron chi connectivity index (χ4n) is 1.40. The molecule has 0 aliphatic rings. The van der Waals surface area contributed by atoms with Crippen molar-refractivity contribution in [1.29, 1.82) is 0 Å². The van der Waals surface area contributed by atoms with Crippen LogP contribution in [0.1, 0.15) is 21.5 Å². The van der Waals surface area contributed by atoms with E-state index in [2.05, 4.69) is 10.5 Å². The molecule has 0 unspecified atom stereocenters. The van der Waals surface area contributed by atoms with Crippen molar-refractivity contribution in [3.8, 4) is 0 Å². The van der Waals surface area contributed by atoms with Gasteiger partial charge < -0.3 is 0 Å². The van der Waals surface area contributed by atoms with Gasteiger partial charge in [0.1, 0.15) is 0 Å². The predicted molar refractivity (Wildman–Crippen MR) is 70.6 cm³/mol. The van der Waals surface area contributed by atoms with Crippen molar-refractivity contribution >= 4 is 23.5 Å². The normalized spacial score (nSPS) is 10.6. The second kappa shape index (κ2) is 5.41. The predicted octanol–water partition coefficient (Wildman–Crippen LogP) is 2.82. The van der Waals surface area contributed by atoms with Gasteiger partial charge in [-0.25, -0.2) is 5.43 Å². The fraction of sp³-hybridized carbons (Fsp3) is 0.0769. The van der Waals surface area contributed by atoms with Gasteiger partial charge in [0.2, 0.25) is 0 Å². The molecule has 1 amide bonds. The number of nitrogens with one attached hydrogen (secondary N) is 1. The van der Waals surface area contributed by atoms with E-state index in [0.29, 0.717) is 5.56 Å². The molecule has 0 spiro atoms. The second-order valence-electron chi connectivity index (χ2n) is 3.57. The maximum atomic E-state index is 11.8. The van der Waals surface area contributed by atoms with Crippen molar-refractivity contribution in [2.75, 3.05) is 0 Å². The third-order valence-corrected chi connectivity index (χ3v) is 3.01. The lowest BCUT2D eigenvalue weighted by atomic mass is 10.1. The molecule has 2 aromatic rings. The average molecular weight is 244 g/mol.